The van der Waals surface area contributed by atoms with Gasteiger partial charge in [-0.3, -0.25) is 9.59 Å². The highest BCUT2D eigenvalue weighted by Gasteiger charge is 2.22. The van der Waals surface area contributed by atoms with Gasteiger partial charge < -0.3 is 10.6 Å². The van der Waals surface area contributed by atoms with Crippen molar-refractivity contribution in [2.24, 2.45) is 0 Å². The minimum Gasteiger partial charge on any atom is -0.322 e. The Morgan fingerprint density at radius 1 is 1.00 bits per heavy atom. The molecule has 1 aromatic heterocycles. The lowest BCUT2D eigenvalue weighted by Gasteiger charge is -2.15. The van der Waals surface area contributed by atoms with Gasteiger partial charge in [-0.05, 0) is 49.2 Å². The van der Waals surface area contributed by atoms with Crippen LogP contribution in [0, 0.1) is 18.3 Å². The standard InChI is InChI=1S/C29H25N3O2S2/c1-3-26(28(34)32-29-24(17-30)25(18-35-29)20-10-5-4-6-11-20)36-23-14-8-13-22(16-23)31-27(33)21-12-7-9-19(2)15-21/h4-16,18,26H,3H2,1-2H3,(H,31,33)(H,32,34). The maximum absolute atomic E-state index is 13.1. The van der Waals surface area contributed by atoms with E-state index in [9.17, 15) is 14.9 Å². The van der Waals surface area contributed by atoms with Crippen molar-refractivity contribution in [3.05, 3.63) is 101 Å². The molecule has 4 rings (SSSR count). The number of amides is 2. The molecule has 0 radical (unpaired) electrons. The van der Waals surface area contributed by atoms with Crippen LogP contribution in [0.1, 0.15) is 34.8 Å². The Balaban J connectivity index is 1.45. The Kier molecular flexibility index (Phi) is 8.21. The quantitative estimate of drug-likeness (QED) is 0.242. The van der Waals surface area contributed by atoms with Crippen molar-refractivity contribution in [2.45, 2.75) is 30.4 Å². The van der Waals surface area contributed by atoms with Crippen molar-refractivity contribution in [2.75, 3.05) is 10.6 Å². The third-order valence-corrected chi connectivity index (χ3v) is 7.79. The van der Waals surface area contributed by atoms with E-state index in [2.05, 4.69) is 16.7 Å². The Labute approximate surface area is 219 Å². The lowest BCUT2D eigenvalue weighted by Crippen LogP contribution is -2.24. The molecule has 4 aromatic rings. The number of rotatable bonds is 8. The van der Waals surface area contributed by atoms with Crippen LogP contribution in [-0.2, 0) is 4.79 Å². The summed E-state index contributed by atoms with van der Waals surface area (Å²) in [4.78, 5) is 26.6. The zero-order valence-electron chi connectivity index (χ0n) is 19.9. The van der Waals surface area contributed by atoms with E-state index in [1.54, 1.807) is 6.07 Å². The summed E-state index contributed by atoms with van der Waals surface area (Å²) < 4.78 is 0. The number of nitrogens with one attached hydrogen (secondary N) is 2. The molecule has 0 spiro atoms. The van der Waals surface area contributed by atoms with Gasteiger partial charge in [0.15, 0.2) is 0 Å². The first kappa shape index (κ1) is 25.2. The number of anilines is 2. The summed E-state index contributed by atoms with van der Waals surface area (Å²) in [6.45, 7) is 3.90. The molecule has 0 aliphatic heterocycles. The van der Waals surface area contributed by atoms with Crippen molar-refractivity contribution in [1.29, 1.82) is 5.26 Å². The highest BCUT2D eigenvalue weighted by Crippen LogP contribution is 2.36. The molecule has 0 fully saturated rings. The van der Waals surface area contributed by atoms with Gasteiger partial charge in [-0.25, -0.2) is 0 Å². The third-order valence-electron chi connectivity index (χ3n) is 5.54. The predicted octanol–water partition coefficient (Wildman–Crippen LogP) is 7.36. The molecule has 1 heterocycles. The highest BCUT2D eigenvalue weighted by molar-refractivity contribution is 8.00. The van der Waals surface area contributed by atoms with Gasteiger partial charge in [0.1, 0.15) is 11.1 Å². The van der Waals surface area contributed by atoms with Crippen molar-refractivity contribution in [1.82, 2.24) is 0 Å². The fraction of sp³-hybridized carbons (Fsp3) is 0.138. The zero-order valence-corrected chi connectivity index (χ0v) is 21.6. The molecular formula is C29H25N3O2S2. The van der Waals surface area contributed by atoms with E-state index in [1.807, 2.05) is 92.0 Å². The molecule has 0 aliphatic rings. The first-order chi connectivity index (χ1) is 17.5. The fourth-order valence-corrected chi connectivity index (χ4v) is 5.64. The predicted molar refractivity (Wildman–Crippen MR) is 149 cm³/mol. The minimum atomic E-state index is -0.360. The molecular weight excluding hydrogens is 486 g/mol. The monoisotopic (exact) mass is 511 g/mol. The molecule has 180 valence electrons. The number of carbonyl (C=O) groups excluding carboxylic acids is 2. The maximum atomic E-state index is 13.1. The van der Waals surface area contributed by atoms with E-state index in [-0.39, 0.29) is 17.1 Å². The smallest absolute Gasteiger partial charge is 0.255 e. The molecule has 5 nitrogen and oxygen atoms in total. The third kappa shape index (κ3) is 6.03. The Hall–Kier alpha value is -3.86. The number of benzene rings is 3. The van der Waals surface area contributed by atoms with Gasteiger partial charge in [0.05, 0.1) is 10.8 Å². The number of nitriles is 1. The molecule has 3 aromatic carbocycles. The molecule has 2 amide bonds. The van der Waals surface area contributed by atoms with Gasteiger partial charge in [0, 0.05) is 27.1 Å². The first-order valence-electron chi connectivity index (χ1n) is 11.5. The molecule has 1 atom stereocenters. The number of carbonyl (C=O) groups is 2. The van der Waals surface area contributed by atoms with Crippen molar-refractivity contribution < 1.29 is 9.59 Å². The zero-order chi connectivity index (χ0) is 25.5. The van der Waals surface area contributed by atoms with E-state index in [0.717, 1.165) is 21.6 Å². The second-order valence-electron chi connectivity index (χ2n) is 8.19. The van der Waals surface area contributed by atoms with Crippen LogP contribution in [0.4, 0.5) is 10.7 Å². The lowest BCUT2D eigenvalue weighted by molar-refractivity contribution is -0.115. The van der Waals surface area contributed by atoms with Crippen LogP contribution in [0.2, 0.25) is 0 Å². The average Bonchev–Trinajstić information content (AvgIpc) is 3.30. The maximum Gasteiger partial charge on any atom is 0.255 e. The summed E-state index contributed by atoms with van der Waals surface area (Å²) in [6.07, 6.45) is 0.606. The van der Waals surface area contributed by atoms with Gasteiger partial charge in [-0.15, -0.1) is 23.1 Å². The normalized spacial score (nSPS) is 11.4. The fourth-order valence-electron chi connectivity index (χ4n) is 3.71. The van der Waals surface area contributed by atoms with Gasteiger partial charge in [-0.1, -0.05) is 61.0 Å². The first-order valence-corrected chi connectivity index (χ1v) is 13.3. The Morgan fingerprint density at radius 3 is 2.50 bits per heavy atom. The summed E-state index contributed by atoms with van der Waals surface area (Å²) in [5.74, 6) is -0.337. The Morgan fingerprint density at radius 2 is 1.78 bits per heavy atom. The SMILES string of the molecule is CCC(Sc1cccc(NC(=O)c2cccc(C)c2)c1)C(=O)Nc1scc(-c2ccccc2)c1C#N. The summed E-state index contributed by atoms with van der Waals surface area (Å²) >= 11 is 2.79. The summed E-state index contributed by atoms with van der Waals surface area (Å²) in [6, 6.07) is 26.8. The van der Waals surface area contributed by atoms with E-state index in [1.165, 1.54) is 23.1 Å². The molecule has 7 heteroatoms. The van der Waals surface area contributed by atoms with Gasteiger partial charge in [0.2, 0.25) is 5.91 Å². The number of aryl methyl sites for hydroxylation is 1. The molecule has 1 unspecified atom stereocenters. The van der Waals surface area contributed by atoms with Crippen LogP contribution >= 0.6 is 23.1 Å². The molecule has 2 N–H and O–H groups in total. The van der Waals surface area contributed by atoms with Crippen LogP contribution in [0.3, 0.4) is 0 Å². The molecule has 0 saturated heterocycles. The molecule has 0 bridgehead atoms. The summed E-state index contributed by atoms with van der Waals surface area (Å²) in [7, 11) is 0. The average molecular weight is 512 g/mol. The van der Waals surface area contributed by atoms with E-state index in [4.69, 9.17) is 0 Å². The molecule has 36 heavy (non-hydrogen) atoms. The largest absolute Gasteiger partial charge is 0.322 e. The second kappa shape index (κ2) is 11.7. The van der Waals surface area contributed by atoms with E-state index in [0.29, 0.717) is 28.2 Å². The lowest BCUT2D eigenvalue weighted by atomic mass is 10.1. The van der Waals surface area contributed by atoms with Crippen LogP contribution in [-0.4, -0.2) is 17.1 Å². The van der Waals surface area contributed by atoms with Crippen molar-refractivity contribution in [3.8, 4) is 17.2 Å². The number of hydrogen-bond donors (Lipinski definition) is 2. The summed E-state index contributed by atoms with van der Waals surface area (Å²) in [5.41, 5.74) is 4.51. The van der Waals surface area contributed by atoms with Crippen LogP contribution < -0.4 is 10.6 Å². The number of thioether (sulfide) groups is 1. The van der Waals surface area contributed by atoms with E-state index < -0.39 is 0 Å². The van der Waals surface area contributed by atoms with Gasteiger partial charge in [-0.2, -0.15) is 5.26 Å². The van der Waals surface area contributed by atoms with E-state index >= 15 is 0 Å². The van der Waals surface area contributed by atoms with Crippen LogP contribution in [0.5, 0.6) is 0 Å². The number of nitrogens with zero attached hydrogens (tertiary/aromatic N) is 1. The number of hydrogen-bond acceptors (Lipinski definition) is 5. The summed E-state index contributed by atoms with van der Waals surface area (Å²) in [5, 5.41) is 17.8. The Bertz CT molecular complexity index is 1420. The van der Waals surface area contributed by atoms with Gasteiger partial charge in [0.25, 0.3) is 5.91 Å². The molecule has 0 aliphatic carbocycles. The van der Waals surface area contributed by atoms with Crippen LogP contribution in [0.15, 0.2) is 89.1 Å². The minimum absolute atomic E-state index is 0.158. The van der Waals surface area contributed by atoms with Gasteiger partial charge >= 0.3 is 0 Å². The van der Waals surface area contributed by atoms with Crippen LogP contribution in [0.25, 0.3) is 11.1 Å². The number of thiophene rings is 1. The van der Waals surface area contributed by atoms with Crippen molar-refractivity contribution in [3.63, 3.8) is 0 Å². The molecule has 0 saturated carbocycles. The topological polar surface area (TPSA) is 82.0 Å². The second-order valence-corrected chi connectivity index (χ2v) is 10.3. The van der Waals surface area contributed by atoms with Crippen molar-refractivity contribution >= 4 is 45.6 Å². The highest BCUT2D eigenvalue weighted by atomic mass is 32.2.